The third-order valence-corrected chi connectivity index (χ3v) is 4.78. The first kappa shape index (κ1) is 20.0. The summed E-state index contributed by atoms with van der Waals surface area (Å²) in [5.74, 6) is -2.32. The van der Waals surface area contributed by atoms with E-state index in [2.05, 4.69) is 5.32 Å². The molecule has 3 amide bonds. The number of hydrogen-bond donors (Lipinski definition) is 1. The molecule has 0 aromatic heterocycles. The quantitative estimate of drug-likeness (QED) is 0.815. The summed E-state index contributed by atoms with van der Waals surface area (Å²) in [5.41, 5.74) is 0.451. The van der Waals surface area contributed by atoms with E-state index in [9.17, 15) is 22.8 Å². The first-order valence-electron chi connectivity index (χ1n) is 8.49. The molecule has 0 aliphatic carbocycles. The topological polar surface area (TPSA) is 52.7 Å². The van der Waals surface area contributed by atoms with E-state index in [0.29, 0.717) is 5.69 Å². The minimum atomic E-state index is -0.761. The Bertz CT molecular complexity index is 925. The Morgan fingerprint density at radius 1 is 1.18 bits per heavy atom. The lowest BCUT2D eigenvalue weighted by molar-refractivity contribution is -0.139. The predicted octanol–water partition coefficient (Wildman–Crippen LogP) is 4.37. The molecule has 2 aromatic rings. The number of carbonyl (C=O) groups excluding carboxylic acids is 2. The zero-order valence-electron chi connectivity index (χ0n) is 14.9. The molecule has 1 atom stereocenters. The van der Waals surface area contributed by atoms with Gasteiger partial charge in [0.25, 0.3) is 0 Å². The number of rotatable bonds is 3. The van der Waals surface area contributed by atoms with E-state index >= 15 is 0 Å². The summed E-state index contributed by atoms with van der Waals surface area (Å²) in [5, 5.41) is 2.47. The predicted molar refractivity (Wildman–Crippen MR) is 98.1 cm³/mol. The number of hydrogen-bond acceptors (Lipinski definition) is 2. The zero-order valence-corrected chi connectivity index (χ0v) is 15.6. The van der Waals surface area contributed by atoms with Crippen LogP contribution in [0.5, 0.6) is 0 Å². The molecule has 1 unspecified atom stereocenters. The van der Waals surface area contributed by atoms with Gasteiger partial charge in [-0.25, -0.2) is 18.0 Å². The van der Waals surface area contributed by atoms with Gasteiger partial charge in [0, 0.05) is 29.8 Å². The van der Waals surface area contributed by atoms with Crippen LogP contribution in [-0.2, 0) is 11.3 Å². The van der Waals surface area contributed by atoms with E-state index in [1.807, 2.05) is 0 Å². The third-order valence-electron chi connectivity index (χ3n) is 4.49. The molecule has 1 fully saturated rings. The van der Waals surface area contributed by atoms with Gasteiger partial charge in [0.2, 0.25) is 5.91 Å². The second-order valence-electron chi connectivity index (χ2n) is 6.55. The Hall–Kier alpha value is -2.74. The Labute approximate surface area is 164 Å². The molecule has 28 heavy (non-hydrogen) atoms. The van der Waals surface area contributed by atoms with Crippen LogP contribution < -0.4 is 5.32 Å². The summed E-state index contributed by atoms with van der Waals surface area (Å²) < 4.78 is 40.2. The number of benzene rings is 2. The lowest BCUT2D eigenvalue weighted by Crippen LogP contribution is -2.55. The van der Waals surface area contributed by atoms with E-state index in [-0.39, 0.29) is 36.1 Å². The third kappa shape index (κ3) is 4.39. The number of halogens is 4. The van der Waals surface area contributed by atoms with Crippen molar-refractivity contribution in [2.24, 2.45) is 0 Å². The van der Waals surface area contributed by atoms with Crippen LogP contribution in [-0.4, -0.2) is 34.4 Å². The van der Waals surface area contributed by atoms with Crippen molar-refractivity contribution in [2.45, 2.75) is 25.9 Å². The summed E-state index contributed by atoms with van der Waals surface area (Å²) in [4.78, 5) is 27.6. The lowest BCUT2D eigenvalue weighted by Gasteiger charge is -2.39. The molecule has 0 bridgehead atoms. The summed E-state index contributed by atoms with van der Waals surface area (Å²) in [7, 11) is 0. The van der Waals surface area contributed by atoms with Crippen molar-refractivity contribution < 1.29 is 22.8 Å². The molecule has 9 heteroatoms. The van der Waals surface area contributed by atoms with Gasteiger partial charge in [0.1, 0.15) is 17.5 Å². The molecule has 5 nitrogen and oxygen atoms in total. The second kappa shape index (κ2) is 8.10. The summed E-state index contributed by atoms with van der Waals surface area (Å²) in [6.45, 7) is 1.55. The van der Waals surface area contributed by atoms with Crippen molar-refractivity contribution in [3.05, 3.63) is 64.4 Å². The normalized spacial score (nSPS) is 17.0. The zero-order chi connectivity index (χ0) is 20.4. The molecule has 0 spiro atoms. The molecule has 0 radical (unpaired) electrons. The Morgan fingerprint density at radius 2 is 1.93 bits per heavy atom. The van der Waals surface area contributed by atoms with Crippen LogP contribution in [0.2, 0.25) is 5.02 Å². The van der Waals surface area contributed by atoms with Crippen LogP contribution in [0.1, 0.15) is 18.9 Å². The highest BCUT2D eigenvalue weighted by Gasteiger charge is 2.33. The lowest BCUT2D eigenvalue weighted by atomic mass is 10.1. The van der Waals surface area contributed by atoms with Crippen molar-refractivity contribution in [1.82, 2.24) is 9.80 Å². The van der Waals surface area contributed by atoms with Gasteiger partial charge in [-0.3, -0.25) is 4.79 Å². The number of nitrogens with one attached hydrogen (secondary N) is 1. The summed E-state index contributed by atoms with van der Waals surface area (Å²) in [6, 6.07) is 5.99. The number of carbonyl (C=O) groups is 2. The monoisotopic (exact) mass is 411 g/mol. The van der Waals surface area contributed by atoms with Gasteiger partial charge < -0.3 is 15.1 Å². The van der Waals surface area contributed by atoms with Crippen LogP contribution in [0.4, 0.5) is 23.7 Å². The minimum Gasteiger partial charge on any atom is -0.320 e. The average molecular weight is 412 g/mol. The highest BCUT2D eigenvalue weighted by molar-refractivity contribution is 6.31. The molecule has 1 heterocycles. The Balaban J connectivity index is 1.72. The van der Waals surface area contributed by atoms with Crippen LogP contribution >= 0.6 is 11.6 Å². The van der Waals surface area contributed by atoms with Gasteiger partial charge in [-0.15, -0.1) is 0 Å². The van der Waals surface area contributed by atoms with Crippen molar-refractivity contribution >= 4 is 29.2 Å². The summed E-state index contributed by atoms with van der Waals surface area (Å²) >= 11 is 5.72. The van der Waals surface area contributed by atoms with Crippen molar-refractivity contribution in [1.29, 1.82) is 0 Å². The van der Waals surface area contributed by atoms with Gasteiger partial charge in [-0.1, -0.05) is 17.7 Å². The van der Waals surface area contributed by atoms with E-state index in [0.717, 1.165) is 18.2 Å². The fraction of sp³-hybridized carbons (Fsp3) is 0.263. The maximum absolute atomic E-state index is 13.9. The van der Waals surface area contributed by atoms with Gasteiger partial charge in [-0.2, -0.15) is 0 Å². The second-order valence-corrected chi connectivity index (χ2v) is 6.96. The SMILES string of the molecule is CC1CC(=O)N(Cc2ccc(F)cc2F)CN1C(=O)Nc1ccc(F)c(Cl)c1. The molecule has 1 aliphatic heterocycles. The van der Waals surface area contributed by atoms with Gasteiger partial charge in [0.15, 0.2) is 0 Å². The van der Waals surface area contributed by atoms with Crippen LogP contribution in [0, 0.1) is 17.5 Å². The largest absolute Gasteiger partial charge is 0.323 e. The molecular weight excluding hydrogens is 395 g/mol. The molecular formula is C19H17ClF3N3O2. The average Bonchev–Trinajstić information content (AvgIpc) is 2.62. The van der Waals surface area contributed by atoms with Crippen molar-refractivity contribution in [2.75, 3.05) is 12.0 Å². The van der Waals surface area contributed by atoms with Gasteiger partial charge >= 0.3 is 6.03 Å². The highest BCUT2D eigenvalue weighted by atomic mass is 35.5. The Morgan fingerprint density at radius 3 is 2.61 bits per heavy atom. The smallest absolute Gasteiger partial charge is 0.320 e. The Kier molecular flexibility index (Phi) is 5.79. The molecule has 1 N–H and O–H groups in total. The van der Waals surface area contributed by atoms with E-state index in [1.165, 1.54) is 28.0 Å². The van der Waals surface area contributed by atoms with Crippen molar-refractivity contribution in [3.63, 3.8) is 0 Å². The standard InChI is InChI=1S/C19H17ClF3N3O2/c1-11-6-18(27)25(9-12-2-3-13(21)7-17(12)23)10-26(11)19(28)24-14-4-5-16(22)15(20)8-14/h2-5,7-8,11H,6,9-10H2,1H3,(H,24,28). The van der Waals surface area contributed by atoms with E-state index in [4.69, 9.17) is 11.6 Å². The van der Waals surface area contributed by atoms with E-state index in [1.54, 1.807) is 6.92 Å². The fourth-order valence-corrected chi connectivity index (χ4v) is 3.10. The molecule has 0 saturated carbocycles. The number of nitrogens with zero attached hydrogens (tertiary/aromatic N) is 2. The minimum absolute atomic E-state index is 0.0560. The molecule has 3 rings (SSSR count). The molecule has 148 valence electrons. The van der Waals surface area contributed by atoms with Gasteiger partial charge in [0.05, 0.1) is 18.2 Å². The number of urea groups is 1. The maximum atomic E-state index is 13.9. The summed E-state index contributed by atoms with van der Waals surface area (Å²) in [6.07, 6.45) is 0.0560. The van der Waals surface area contributed by atoms with E-state index < -0.39 is 29.5 Å². The molecule has 2 aromatic carbocycles. The van der Waals surface area contributed by atoms with Gasteiger partial charge in [-0.05, 0) is 31.2 Å². The molecule has 1 aliphatic rings. The van der Waals surface area contributed by atoms with Crippen molar-refractivity contribution in [3.8, 4) is 0 Å². The first-order chi connectivity index (χ1) is 13.2. The van der Waals surface area contributed by atoms with Crippen LogP contribution in [0.15, 0.2) is 36.4 Å². The highest BCUT2D eigenvalue weighted by Crippen LogP contribution is 2.23. The maximum Gasteiger partial charge on any atom is 0.323 e. The number of anilines is 1. The number of amides is 3. The first-order valence-corrected chi connectivity index (χ1v) is 8.87. The van der Waals surface area contributed by atoms with Crippen LogP contribution in [0.3, 0.4) is 0 Å². The van der Waals surface area contributed by atoms with Crippen LogP contribution in [0.25, 0.3) is 0 Å². The fourth-order valence-electron chi connectivity index (χ4n) is 2.92. The molecule has 1 saturated heterocycles.